The van der Waals surface area contributed by atoms with Gasteiger partial charge in [-0.3, -0.25) is 4.79 Å². The summed E-state index contributed by atoms with van der Waals surface area (Å²) in [5.41, 5.74) is 1.01. The largest absolute Gasteiger partial charge is 0.497 e. The summed E-state index contributed by atoms with van der Waals surface area (Å²) in [5.74, 6) is -2.42. The summed E-state index contributed by atoms with van der Waals surface area (Å²) in [6.45, 7) is 2.20. The summed E-state index contributed by atoms with van der Waals surface area (Å²) >= 11 is 0. The van der Waals surface area contributed by atoms with E-state index in [1.807, 2.05) is 0 Å². The van der Waals surface area contributed by atoms with Crippen LogP contribution in [0.3, 0.4) is 0 Å². The van der Waals surface area contributed by atoms with Gasteiger partial charge in [0, 0.05) is 6.07 Å². The molecular weight excluding hydrogens is 477 g/mol. The van der Waals surface area contributed by atoms with Crippen molar-refractivity contribution >= 4 is 5.97 Å². The van der Waals surface area contributed by atoms with Crippen molar-refractivity contribution < 1.29 is 27.4 Å². The van der Waals surface area contributed by atoms with Crippen molar-refractivity contribution in [1.29, 1.82) is 0 Å². The number of methoxy groups -OCH3 is 1. The third kappa shape index (κ3) is 6.69. The van der Waals surface area contributed by atoms with Crippen molar-refractivity contribution in [3.05, 3.63) is 58.9 Å². The Labute approximate surface area is 218 Å². The number of rotatable bonds is 9. The number of esters is 1. The maximum absolute atomic E-state index is 15.0. The molecule has 3 nitrogen and oxygen atoms in total. The molecule has 4 rings (SSSR count). The first-order valence-electron chi connectivity index (χ1n) is 13.9. The molecule has 0 aromatic heterocycles. The summed E-state index contributed by atoms with van der Waals surface area (Å²) in [5, 5.41) is 0. The Bertz CT molecular complexity index is 1050. The molecule has 6 heteroatoms. The fraction of sp³-hybridized carbons (Fsp3) is 0.581. The van der Waals surface area contributed by atoms with Gasteiger partial charge in [-0.05, 0) is 92.4 Å². The maximum atomic E-state index is 15.0. The summed E-state index contributed by atoms with van der Waals surface area (Å²) in [6, 6.07) is 7.83. The fourth-order valence-electron chi connectivity index (χ4n) is 6.18. The molecule has 202 valence electrons. The fourth-order valence-corrected chi connectivity index (χ4v) is 6.18. The van der Waals surface area contributed by atoms with Gasteiger partial charge in [-0.15, -0.1) is 0 Å². The number of hydrogen-bond acceptors (Lipinski definition) is 3. The minimum absolute atomic E-state index is 0.00477. The zero-order valence-corrected chi connectivity index (χ0v) is 22.0. The number of hydrogen-bond donors (Lipinski definition) is 0. The Morgan fingerprint density at radius 2 is 1.49 bits per heavy atom. The topological polar surface area (TPSA) is 35.5 Å². The van der Waals surface area contributed by atoms with E-state index in [4.69, 9.17) is 9.47 Å². The van der Waals surface area contributed by atoms with Crippen LogP contribution in [0.15, 0.2) is 30.3 Å². The van der Waals surface area contributed by atoms with Crippen molar-refractivity contribution in [3.63, 3.8) is 0 Å². The normalized spacial score (nSPS) is 24.0. The number of carbonyl (C=O) groups excluding carboxylic acids is 1. The highest BCUT2D eigenvalue weighted by atomic mass is 19.2. The van der Waals surface area contributed by atoms with Gasteiger partial charge in [-0.1, -0.05) is 44.7 Å². The van der Waals surface area contributed by atoms with Crippen LogP contribution < -0.4 is 9.47 Å². The number of carbonyl (C=O) groups is 1. The lowest BCUT2D eigenvalue weighted by molar-refractivity contribution is -0.140. The lowest BCUT2D eigenvalue weighted by Crippen LogP contribution is -2.26. The second-order valence-corrected chi connectivity index (χ2v) is 10.9. The van der Waals surface area contributed by atoms with Crippen LogP contribution in [0.5, 0.6) is 11.5 Å². The van der Waals surface area contributed by atoms with E-state index in [-0.39, 0.29) is 23.4 Å². The molecule has 2 aliphatic carbocycles. The second-order valence-electron chi connectivity index (χ2n) is 10.9. The molecule has 0 aliphatic heterocycles. The van der Waals surface area contributed by atoms with Crippen molar-refractivity contribution in [2.75, 3.05) is 7.11 Å². The van der Waals surface area contributed by atoms with Gasteiger partial charge in [-0.2, -0.15) is 4.39 Å². The van der Waals surface area contributed by atoms with Gasteiger partial charge < -0.3 is 9.47 Å². The van der Waals surface area contributed by atoms with Crippen molar-refractivity contribution in [2.24, 2.45) is 11.8 Å². The summed E-state index contributed by atoms with van der Waals surface area (Å²) in [4.78, 5) is 12.8. The van der Waals surface area contributed by atoms with Gasteiger partial charge in [0.25, 0.3) is 0 Å². The van der Waals surface area contributed by atoms with Gasteiger partial charge in [0.2, 0.25) is 5.82 Å². The van der Waals surface area contributed by atoms with Gasteiger partial charge >= 0.3 is 5.97 Å². The molecule has 0 spiro atoms. The minimum atomic E-state index is -1.08. The third-order valence-electron chi connectivity index (χ3n) is 8.50. The highest BCUT2D eigenvalue weighted by Crippen LogP contribution is 2.41. The molecule has 0 unspecified atom stereocenters. The minimum Gasteiger partial charge on any atom is -0.497 e. The Morgan fingerprint density at radius 3 is 2.14 bits per heavy atom. The van der Waals surface area contributed by atoms with Crippen molar-refractivity contribution in [1.82, 2.24) is 0 Å². The summed E-state index contributed by atoms with van der Waals surface area (Å²) in [7, 11) is 1.49. The molecule has 0 amide bonds. The molecule has 2 aromatic rings. The first-order chi connectivity index (χ1) is 17.9. The lowest BCUT2D eigenvalue weighted by Gasteiger charge is -2.29. The van der Waals surface area contributed by atoms with Gasteiger partial charge in [0.1, 0.15) is 11.6 Å². The molecule has 0 radical (unpaired) electrons. The van der Waals surface area contributed by atoms with Crippen molar-refractivity contribution in [2.45, 2.75) is 95.8 Å². The predicted octanol–water partition coefficient (Wildman–Crippen LogP) is 8.85. The molecule has 0 N–H and O–H groups in total. The van der Waals surface area contributed by atoms with E-state index in [0.717, 1.165) is 25.7 Å². The first kappa shape index (κ1) is 27.5. The molecule has 2 saturated carbocycles. The van der Waals surface area contributed by atoms with Crippen LogP contribution in [-0.2, 0) is 4.79 Å². The molecule has 0 atom stereocenters. The smallest absolute Gasteiger partial charge is 0.314 e. The molecule has 0 heterocycles. The van der Waals surface area contributed by atoms with Crippen LogP contribution in [0.25, 0.3) is 0 Å². The van der Waals surface area contributed by atoms with Crippen LogP contribution in [0.2, 0.25) is 0 Å². The maximum Gasteiger partial charge on any atom is 0.314 e. The lowest BCUT2D eigenvalue weighted by atomic mass is 9.77. The van der Waals surface area contributed by atoms with Gasteiger partial charge in [0.05, 0.1) is 13.0 Å². The molecule has 37 heavy (non-hydrogen) atoms. The zero-order valence-electron chi connectivity index (χ0n) is 22.0. The number of halogens is 3. The highest BCUT2D eigenvalue weighted by Gasteiger charge is 2.31. The Hall–Kier alpha value is -2.50. The van der Waals surface area contributed by atoms with Crippen molar-refractivity contribution in [3.8, 4) is 11.5 Å². The molecule has 2 aromatic carbocycles. The average molecular weight is 517 g/mol. The summed E-state index contributed by atoms with van der Waals surface area (Å²) in [6.07, 6.45) is 11.0. The SMILES string of the molecule is CCCCCC1CCC(c2ccc(OC(=O)C3CCC(c4ccc(OC)cc4F)CC3)c(F)c2F)CC1. The molecular formula is C31H39F3O3. The predicted molar refractivity (Wildman–Crippen MR) is 138 cm³/mol. The number of ether oxygens (including phenoxy) is 2. The molecule has 2 aliphatic rings. The van der Waals surface area contributed by atoms with E-state index in [0.29, 0.717) is 48.5 Å². The molecule has 2 fully saturated rings. The monoisotopic (exact) mass is 516 g/mol. The Kier molecular flexibility index (Phi) is 9.55. The standard InChI is InChI=1S/C31H39F3O3/c1-3-4-5-6-20-7-9-22(10-8-20)26-17-18-28(30(34)29(26)33)37-31(35)23-13-11-21(12-14-23)25-16-15-24(36-2)19-27(25)32/h15-23H,3-14H2,1-2H3. The van der Waals surface area contributed by atoms with E-state index in [1.54, 1.807) is 18.2 Å². The highest BCUT2D eigenvalue weighted by molar-refractivity contribution is 5.75. The first-order valence-corrected chi connectivity index (χ1v) is 13.9. The summed E-state index contributed by atoms with van der Waals surface area (Å²) < 4.78 is 54.8. The van der Waals surface area contributed by atoms with E-state index < -0.39 is 23.5 Å². The van der Waals surface area contributed by atoms with Crippen LogP contribution in [0.4, 0.5) is 13.2 Å². The van der Waals surface area contributed by atoms with Crippen LogP contribution in [0.1, 0.15) is 107 Å². The Morgan fingerprint density at radius 1 is 0.838 bits per heavy atom. The van der Waals surface area contributed by atoms with Crippen LogP contribution in [-0.4, -0.2) is 13.1 Å². The second kappa shape index (κ2) is 12.8. The van der Waals surface area contributed by atoms with Gasteiger partial charge in [0.15, 0.2) is 11.6 Å². The van der Waals surface area contributed by atoms with Crippen LogP contribution in [0, 0.1) is 29.3 Å². The average Bonchev–Trinajstić information content (AvgIpc) is 2.92. The number of unbranched alkanes of at least 4 members (excludes halogenated alkanes) is 2. The van der Waals surface area contributed by atoms with E-state index in [2.05, 4.69) is 6.92 Å². The van der Waals surface area contributed by atoms with Gasteiger partial charge in [-0.25, -0.2) is 8.78 Å². The zero-order chi connectivity index (χ0) is 26.4. The third-order valence-corrected chi connectivity index (χ3v) is 8.50. The number of benzene rings is 2. The van der Waals surface area contributed by atoms with Crippen LogP contribution >= 0.6 is 0 Å². The molecule has 0 saturated heterocycles. The molecule has 0 bridgehead atoms. The van der Waals surface area contributed by atoms with E-state index in [1.165, 1.54) is 44.9 Å². The van der Waals surface area contributed by atoms with E-state index in [9.17, 15) is 13.6 Å². The Balaban J connectivity index is 1.31. The van der Waals surface area contributed by atoms with E-state index >= 15 is 4.39 Å². The quantitative estimate of drug-likeness (QED) is 0.190.